The van der Waals surface area contributed by atoms with Crippen LogP contribution in [0.2, 0.25) is 5.15 Å². The number of pyridine rings is 1. The molecule has 0 atom stereocenters. The van der Waals surface area contributed by atoms with Crippen LogP contribution in [0.4, 0.5) is 5.69 Å². The number of oxime groups is 1. The van der Waals surface area contributed by atoms with Crippen molar-refractivity contribution in [3.63, 3.8) is 0 Å². The Morgan fingerprint density at radius 3 is 2.87 bits per heavy atom. The molecule has 0 saturated carbocycles. The topological polar surface area (TPSA) is 83.6 Å². The van der Waals surface area contributed by atoms with Crippen molar-refractivity contribution in [1.82, 2.24) is 14.8 Å². The fourth-order valence-corrected chi connectivity index (χ4v) is 2.33. The molecule has 2 aromatic rings. The van der Waals surface area contributed by atoms with Crippen molar-refractivity contribution in [1.29, 1.82) is 0 Å². The largest absolute Gasteiger partial charge is 0.411 e. The molecule has 7 nitrogen and oxygen atoms in total. The van der Waals surface area contributed by atoms with Gasteiger partial charge in [0.15, 0.2) is 5.15 Å². The predicted molar refractivity (Wildman–Crippen MR) is 88.5 cm³/mol. The summed E-state index contributed by atoms with van der Waals surface area (Å²) in [6.45, 7) is 3.99. The Kier molecular flexibility index (Phi) is 5.70. The first-order valence-corrected chi connectivity index (χ1v) is 7.58. The summed E-state index contributed by atoms with van der Waals surface area (Å²) in [5.41, 5.74) is 1.81. The number of hydrogen-bond acceptors (Lipinski definition) is 5. The summed E-state index contributed by atoms with van der Waals surface area (Å²) in [5, 5.41) is 16.2. The van der Waals surface area contributed by atoms with Gasteiger partial charge in [-0.05, 0) is 32.4 Å². The van der Waals surface area contributed by atoms with Crippen LogP contribution < -0.4 is 4.90 Å². The monoisotopic (exact) mass is 335 g/mol. The Labute approximate surface area is 139 Å². The van der Waals surface area contributed by atoms with Gasteiger partial charge >= 0.3 is 0 Å². The molecule has 2 heterocycles. The summed E-state index contributed by atoms with van der Waals surface area (Å²) in [6, 6.07) is 3.64. The number of rotatable bonds is 6. The molecule has 0 unspecified atom stereocenters. The number of anilines is 1. The zero-order valence-corrected chi connectivity index (χ0v) is 13.7. The maximum atomic E-state index is 12.4. The van der Waals surface area contributed by atoms with E-state index in [1.807, 2.05) is 13.0 Å². The van der Waals surface area contributed by atoms with Gasteiger partial charge in [-0.25, -0.2) is 4.68 Å². The lowest BCUT2D eigenvalue weighted by Gasteiger charge is -2.19. The summed E-state index contributed by atoms with van der Waals surface area (Å²) < 4.78 is 1.58. The molecular weight excluding hydrogens is 318 g/mol. The van der Waals surface area contributed by atoms with Crippen LogP contribution in [-0.2, 0) is 4.79 Å². The second-order valence-electron chi connectivity index (χ2n) is 4.93. The summed E-state index contributed by atoms with van der Waals surface area (Å²) in [6.07, 6.45) is 5.65. The maximum absolute atomic E-state index is 12.4. The summed E-state index contributed by atoms with van der Waals surface area (Å²) >= 11 is 6.19. The highest BCUT2D eigenvalue weighted by Crippen LogP contribution is 2.26. The van der Waals surface area contributed by atoms with E-state index in [4.69, 9.17) is 16.8 Å². The Hall–Kier alpha value is -2.41. The molecule has 2 rings (SSSR count). The molecule has 122 valence electrons. The molecule has 0 aliphatic heterocycles. The number of nitrogens with zero attached hydrogens (tertiary/aromatic N) is 5. The van der Waals surface area contributed by atoms with E-state index >= 15 is 0 Å². The normalized spacial score (nSPS) is 11.5. The SMILES string of the molecule is CCN(C(=O)CC/C(C)=N/O)c1cn(-c2cccnc2)nc1Cl. The number of hydrogen-bond donors (Lipinski definition) is 1. The predicted octanol–water partition coefficient (Wildman–Crippen LogP) is 2.90. The van der Waals surface area contributed by atoms with Crippen LogP contribution in [0.15, 0.2) is 35.9 Å². The van der Waals surface area contributed by atoms with Gasteiger partial charge in [-0.15, -0.1) is 0 Å². The first kappa shape index (κ1) is 17.0. The van der Waals surface area contributed by atoms with E-state index in [1.165, 1.54) is 0 Å². The maximum Gasteiger partial charge on any atom is 0.227 e. The van der Waals surface area contributed by atoms with E-state index in [1.54, 1.807) is 41.2 Å². The fraction of sp³-hybridized carbons (Fsp3) is 0.333. The zero-order chi connectivity index (χ0) is 16.8. The lowest BCUT2D eigenvalue weighted by Crippen LogP contribution is -2.30. The minimum atomic E-state index is -0.108. The third-order valence-corrected chi connectivity index (χ3v) is 3.61. The van der Waals surface area contributed by atoms with Gasteiger partial charge in [-0.3, -0.25) is 9.78 Å². The first-order chi connectivity index (χ1) is 11.1. The Morgan fingerprint density at radius 1 is 1.48 bits per heavy atom. The lowest BCUT2D eigenvalue weighted by molar-refractivity contribution is -0.118. The molecular formula is C15H18ClN5O2. The highest BCUT2D eigenvalue weighted by atomic mass is 35.5. The number of carbonyl (C=O) groups excluding carboxylic acids is 1. The van der Waals surface area contributed by atoms with Gasteiger partial charge in [0.05, 0.1) is 23.8 Å². The molecule has 0 bridgehead atoms. The van der Waals surface area contributed by atoms with Gasteiger partial charge < -0.3 is 10.1 Å². The van der Waals surface area contributed by atoms with E-state index in [0.29, 0.717) is 24.4 Å². The van der Waals surface area contributed by atoms with Crippen LogP contribution >= 0.6 is 11.6 Å². The van der Waals surface area contributed by atoms with Crippen molar-refractivity contribution >= 4 is 28.9 Å². The van der Waals surface area contributed by atoms with Crippen molar-refractivity contribution in [3.8, 4) is 5.69 Å². The minimum absolute atomic E-state index is 0.108. The molecule has 0 aliphatic carbocycles. The zero-order valence-electron chi connectivity index (χ0n) is 13.0. The minimum Gasteiger partial charge on any atom is -0.411 e. The Bertz CT molecular complexity index is 699. The Morgan fingerprint density at radius 2 is 2.26 bits per heavy atom. The molecule has 0 fully saturated rings. The van der Waals surface area contributed by atoms with Gasteiger partial charge in [0.2, 0.25) is 5.91 Å². The van der Waals surface area contributed by atoms with Gasteiger partial charge in [0, 0.05) is 19.2 Å². The molecule has 23 heavy (non-hydrogen) atoms. The molecule has 2 aromatic heterocycles. The molecule has 0 spiro atoms. The third kappa shape index (κ3) is 4.07. The molecule has 1 amide bonds. The van der Waals surface area contributed by atoms with Crippen molar-refractivity contribution < 1.29 is 10.0 Å². The second-order valence-corrected chi connectivity index (χ2v) is 5.29. The summed E-state index contributed by atoms with van der Waals surface area (Å²) in [5.74, 6) is -0.108. The smallest absolute Gasteiger partial charge is 0.227 e. The Balaban J connectivity index is 2.21. The molecule has 0 saturated heterocycles. The van der Waals surface area contributed by atoms with Crippen LogP contribution in [0, 0.1) is 0 Å². The third-order valence-electron chi connectivity index (χ3n) is 3.34. The molecule has 0 aromatic carbocycles. The number of amides is 1. The van der Waals surface area contributed by atoms with Gasteiger partial charge in [0.25, 0.3) is 0 Å². The quantitative estimate of drug-likeness (QED) is 0.500. The fourth-order valence-electron chi connectivity index (χ4n) is 2.10. The summed E-state index contributed by atoms with van der Waals surface area (Å²) in [4.78, 5) is 18.0. The van der Waals surface area contributed by atoms with Gasteiger partial charge in [0.1, 0.15) is 5.69 Å². The first-order valence-electron chi connectivity index (χ1n) is 7.20. The standard InChI is InChI=1S/C15H18ClN5O2/c1-3-20(14(22)7-6-11(2)19-23)13-10-21(18-15(13)16)12-5-4-8-17-9-12/h4-5,8-10,23H,3,6-7H2,1-2H3/b19-11+. The van der Waals surface area contributed by atoms with Crippen LogP contribution in [0.5, 0.6) is 0 Å². The van der Waals surface area contributed by atoms with Crippen LogP contribution in [0.25, 0.3) is 5.69 Å². The number of halogens is 1. The van der Waals surface area contributed by atoms with Crippen molar-refractivity contribution in [3.05, 3.63) is 35.9 Å². The van der Waals surface area contributed by atoms with Crippen molar-refractivity contribution in [2.75, 3.05) is 11.4 Å². The molecule has 1 N–H and O–H groups in total. The van der Waals surface area contributed by atoms with E-state index in [0.717, 1.165) is 5.69 Å². The highest BCUT2D eigenvalue weighted by molar-refractivity contribution is 6.32. The molecule has 0 aliphatic rings. The number of aromatic nitrogens is 3. The van der Waals surface area contributed by atoms with Crippen LogP contribution in [-0.4, -0.2) is 38.1 Å². The second kappa shape index (κ2) is 7.73. The van der Waals surface area contributed by atoms with E-state index in [2.05, 4.69) is 15.2 Å². The van der Waals surface area contributed by atoms with Crippen LogP contribution in [0.3, 0.4) is 0 Å². The van der Waals surface area contributed by atoms with Gasteiger partial charge in [-0.2, -0.15) is 5.10 Å². The van der Waals surface area contributed by atoms with E-state index < -0.39 is 0 Å². The van der Waals surface area contributed by atoms with E-state index in [9.17, 15) is 4.79 Å². The van der Waals surface area contributed by atoms with Crippen LogP contribution in [0.1, 0.15) is 26.7 Å². The highest BCUT2D eigenvalue weighted by Gasteiger charge is 2.20. The molecule has 0 radical (unpaired) electrons. The molecule has 8 heteroatoms. The van der Waals surface area contributed by atoms with Gasteiger partial charge in [-0.1, -0.05) is 16.8 Å². The summed E-state index contributed by atoms with van der Waals surface area (Å²) in [7, 11) is 0. The number of carbonyl (C=O) groups is 1. The average molecular weight is 336 g/mol. The van der Waals surface area contributed by atoms with Crippen molar-refractivity contribution in [2.24, 2.45) is 5.16 Å². The van der Waals surface area contributed by atoms with E-state index in [-0.39, 0.29) is 17.5 Å². The lowest BCUT2D eigenvalue weighted by atomic mass is 10.2. The van der Waals surface area contributed by atoms with Crippen molar-refractivity contribution in [2.45, 2.75) is 26.7 Å². The average Bonchev–Trinajstić information content (AvgIpc) is 2.96.